The number of quaternary nitrogens is 1. The summed E-state index contributed by atoms with van der Waals surface area (Å²) in [7, 11) is 6.00. The van der Waals surface area contributed by atoms with Crippen LogP contribution in [0.25, 0.3) is 0 Å². The third kappa shape index (κ3) is 4.83. The van der Waals surface area contributed by atoms with Gasteiger partial charge < -0.3 is 9.22 Å². The molecule has 0 aliphatic carbocycles. The number of hydrogen-bond acceptors (Lipinski definition) is 4. The first-order valence-electron chi connectivity index (χ1n) is 8.98. The monoisotopic (exact) mass is 373 g/mol. The summed E-state index contributed by atoms with van der Waals surface area (Å²) in [5, 5.41) is 0. The topological polar surface area (TPSA) is 63.7 Å². The van der Waals surface area contributed by atoms with Gasteiger partial charge in [-0.2, -0.15) is 0 Å². The average Bonchev–Trinajstić information content (AvgIpc) is 2.83. The van der Waals surface area contributed by atoms with Gasteiger partial charge in [0.15, 0.2) is 6.10 Å². The van der Waals surface area contributed by atoms with Crippen LogP contribution in [0.4, 0.5) is 5.69 Å². The maximum absolute atomic E-state index is 12.6. The summed E-state index contributed by atoms with van der Waals surface area (Å²) in [4.78, 5) is 38.3. The van der Waals surface area contributed by atoms with Gasteiger partial charge in [-0.15, -0.1) is 0 Å². The lowest BCUT2D eigenvalue weighted by molar-refractivity contribution is -0.874. The van der Waals surface area contributed by atoms with E-state index in [2.05, 4.69) is 0 Å². The molecule has 27 heavy (non-hydrogen) atoms. The van der Waals surface area contributed by atoms with E-state index in [4.69, 9.17) is 4.74 Å². The standard InChI is InChI=1S/C21H29N2O4/c1-14-9-8-10-15(19(14)22-17(24)11-12-18(22)25)16(13-23(5,6)7)27-20(26)21(2,3)4/h8-12,16H,13H2,1-7H3/q+1. The molecule has 1 atom stereocenters. The van der Waals surface area contributed by atoms with E-state index in [1.54, 1.807) is 20.8 Å². The molecule has 0 saturated heterocycles. The number of aryl methyl sites for hydroxylation is 1. The van der Waals surface area contributed by atoms with Crippen molar-refractivity contribution in [1.29, 1.82) is 0 Å². The number of para-hydroxylation sites is 1. The van der Waals surface area contributed by atoms with Crippen molar-refractivity contribution >= 4 is 23.5 Å². The molecule has 146 valence electrons. The van der Waals surface area contributed by atoms with Crippen LogP contribution in [-0.4, -0.2) is 50.0 Å². The summed E-state index contributed by atoms with van der Waals surface area (Å²) in [5.41, 5.74) is 1.27. The summed E-state index contributed by atoms with van der Waals surface area (Å²) < 4.78 is 6.43. The maximum atomic E-state index is 12.6. The molecule has 0 radical (unpaired) electrons. The Kier molecular flexibility index (Phi) is 5.61. The number of esters is 1. The van der Waals surface area contributed by atoms with E-state index in [0.29, 0.717) is 22.3 Å². The quantitative estimate of drug-likeness (QED) is 0.452. The Bertz CT molecular complexity index is 779. The second kappa shape index (κ2) is 7.27. The van der Waals surface area contributed by atoms with Gasteiger partial charge in [0.05, 0.1) is 32.2 Å². The van der Waals surface area contributed by atoms with E-state index in [1.165, 1.54) is 12.2 Å². The van der Waals surface area contributed by atoms with Gasteiger partial charge in [0.25, 0.3) is 11.8 Å². The van der Waals surface area contributed by atoms with Crippen LogP contribution in [-0.2, 0) is 19.1 Å². The molecular formula is C21H29N2O4+. The zero-order valence-corrected chi connectivity index (χ0v) is 17.2. The molecule has 2 amide bonds. The number of ether oxygens (including phenoxy) is 1. The number of rotatable bonds is 5. The van der Waals surface area contributed by atoms with Crippen molar-refractivity contribution in [3.8, 4) is 0 Å². The fourth-order valence-electron chi connectivity index (χ4n) is 2.87. The second-order valence-corrected chi connectivity index (χ2v) is 8.97. The van der Waals surface area contributed by atoms with Crippen LogP contribution < -0.4 is 4.90 Å². The molecule has 0 aromatic heterocycles. The number of nitrogens with zero attached hydrogens (tertiary/aromatic N) is 2. The van der Waals surface area contributed by atoms with Crippen LogP contribution in [0.2, 0.25) is 0 Å². The Balaban J connectivity index is 2.55. The number of benzene rings is 1. The van der Waals surface area contributed by atoms with Gasteiger partial charge in [0.1, 0.15) is 6.54 Å². The molecule has 2 rings (SSSR count). The predicted octanol–water partition coefficient (Wildman–Crippen LogP) is 2.76. The van der Waals surface area contributed by atoms with Crippen molar-refractivity contribution in [2.45, 2.75) is 33.8 Å². The molecule has 1 aromatic carbocycles. The number of anilines is 1. The average molecular weight is 373 g/mol. The van der Waals surface area contributed by atoms with Crippen LogP contribution in [0.15, 0.2) is 30.4 Å². The van der Waals surface area contributed by atoms with Gasteiger partial charge in [-0.25, -0.2) is 4.90 Å². The molecule has 1 unspecified atom stereocenters. The van der Waals surface area contributed by atoms with Gasteiger partial charge in [-0.05, 0) is 33.3 Å². The summed E-state index contributed by atoms with van der Waals surface area (Å²) in [5.74, 6) is -1.10. The van der Waals surface area contributed by atoms with Gasteiger partial charge in [-0.1, -0.05) is 18.2 Å². The van der Waals surface area contributed by atoms with Gasteiger partial charge in [0.2, 0.25) is 0 Å². The molecule has 1 heterocycles. The number of imide groups is 1. The van der Waals surface area contributed by atoms with Gasteiger partial charge in [0, 0.05) is 17.7 Å². The summed E-state index contributed by atoms with van der Waals surface area (Å²) in [6.45, 7) is 7.74. The third-order valence-corrected chi connectivity index (χ3v) is 4.22. The lowest BCUT2D eigenvalue weighted by Crippen LogP contribution is -2.41. The molecule has 0 spiro atoms. The molecule has 0 saturated carbocycles. The van der Waals surface area contributed by atoms with Crippen LogP contribution >= 0.6 is 0 Å². The fraction of sp³-hybridized carbons (Fsp3) is 0.476. The number of likely N-dealkylation sites (N-methyl/N-ethyl adjacent to an activating group) is 1. The molecule has 6 heteroatoms. The first kappa shape index (κ1) is 20.8. The van der Waals surface area contributed by atoms with Crippen molar-refractivity contribution in [2.24, 2.45) is 5.41 Å². The molecule has 0 bridgehead atoms. The number of carbonyl (C=O) groups is 3. The van der Waals surface area contributed by atoms with Crippen LogP contribution in [0.1, 0.15) is 38.0 Å². The molecule has 0 N–H and O–H groups in total. The minimum atomic E-state index is -0.659. The van der Waals surface area contributed by atoms with E-state index in [9.17, 15) is 14.4 Å². The van der Waals surface area contributed by atoms with E-state index in [1.807, 2.05) is 46.3 Å². The van der Waals surface area contributed by atoms with Crippen molar-refractivity contribution < 1.29 is 23.6 Å². The Morgan fingerprint density at radius 3 is 2.15 bits per heavy atom. The Labute approximate surface area is 161 Å². The maximum Gasteiger partial charge on any atom is 0.312 e. The fourth-order valence-corrected chi connectivity index (χ4v) is 2.87. The largest absolute Gasteiger partial charge is 0.451 e. The highest BCUT2D eigenvalue weighted by Crippen LogP contribution is 2.35. The lowest BCUT2D eigenvalue weighted by Gasteiger charge is -2.33. The zero-order valence-electron chi connectivity index (χ0n) is 17.2. The van der Waals surface area contributed by atoms with Crippen LogP contribution in [0, 0.1) is 12.3 Å². The SMILES string of the molecule is Cc1cccc(C(C[N+](C)(C)C)OC(=O)C(C)(C)C)c1N1C(=O)C=CC1=O. The number of carbonyl (C=O) groups excluding carboxylic acids is 3. The van der Waals surface area contributed by atoms with E-state index in [-0.39, 0.29) is 17.8 Å². The Hall–Kier alpha value is -2.47. The summed E-state index contributed by atoms with van der Waals surface area (Å²) in [6, 6.07) is 5.50. The highest BCUT2D eigenvalue weighted by molar-refractivity contribution is 6.28. The van der Waals surface area contributed by atoms with E-state index < -0.39 is 11.5 Å². The van der Waals surface area contributed by atoms with E-state index in [0.717, 1.165) is 10.5 Å². The molecule has 6 nitrogen and oxygen atoms in total. The minimum absolute atomic E-state index is 0.328. The molecule has 1 aromatic rings. The molecular weight excluding hydrogens is 344 g/mol. The number of hydrogen-bond donors (Lipinski definition) is 0. The van der Waals surface area contributed by atoms with Gasteiger partial charge in [-0.3, -0.25) is 14.4 Å². The van der Waals surface area contributed by atoms with Crippen molar-refractivity contribution in [2.75, 3.05) is 32.6 Å². The molecule has 1 aliphatic rings. The second-order valence-electron chi connectivity index (χ2n) is 8.97. The highest BCUT2D eigenvalue weighted by Gasteiger charge is 2.35. The Morgan fingerprint density at radius 2 is 1.67 bits per heavy atom. The van der Waals surface area contributed by atoms with Gasteiger partial charge >= 0.3 is 5.97 Å². The van der Waals surface area contributed by atoms with Crippen molar-refractivity contribution in [3.05, 3.63) is 41.5 Å². The first-order valence-corrected chi connectivity index (χ1v) is 8.98. The van der Waals surface area contributed by atoms with E-state index >= 15 is 0 Å². The van der Waals surface area contributed by atoms with Crippen LogP contribution in [0.3, 0.4) is 0 Å². The Morgan fingerprint density at radius 1 is 1.11 bits per heavy atom. The first-order chi connectivity index (χ1) is 12.3. The lowest BCUT2D eigenvalue weighted by atomic mass is 9.96. The summed E-state index contributed by atoms with van der Waals surface area (Å²) >= 11 is 0. The summed E-state index contributed by atoms with van der Waals surface area (Å²) in [6.07, 6.45) is 1.93. The zero-order chi connectivity index (χ0) is 20.6. The number of amides is 2. The smallest absolute Gasteiger partial charge is 0.312 e. The minimum Gasteiger partial charge on any atom is -0.451 e. The predicted molar refractivity (Wildman–Crippen MR) is 104 cm³/mol. The van der Waals surface area contributed by atoms with Crippen molar-refractivity contribution in [1.82, 2.24) is 0 Å². The normalized spacial score (nSPS) is 16.0. The highest BCUT2D eigenvalue weighted by atomic mass is 16.5. The van der Waals surface area contributed by atoms with Crippen molar-refractivity contribution in [3.63, 3.8) is 0 Å². The van der Waals surface area contributed by atoms with Crippen LogP contribution in [0.5, 0.6) is 0 Å². The molecule has 1 aliphatic heterocycles. The molecule has 0 fully saturated rings. The third-order valence-electron chi connectivity index (χ3n) is 4.22.